The van der Waals surface area contributed by atoms with Gasteiger partial charge in [-0.2, -0.15) is 0 Å². The number of nitrogens with one attached hydrogen (secondary N) is 1. The van der Waals surface area contributed by atoms with Gasteiger partial charge in [0.2, 0.25) is 5.16 Å². The summed E-state index contributed by atoms with van der Waals surface area (Å²) >= 11 is 1.37. The predicted octanol–water partition coefficient (Wildman–Crippen LogP) is 2.96. The Labute approximate surface area is 117 Å². The molecular formula is C14H17N3OS. The molecule has 0 spiro atoms. The van der Waals surface area contributed by atoms with Gasteiger partial charge in [-0.3, -0.25) is 9.89 Å². The highest BCUT2D eigenvalue weighted by Gasteiger charge is 2.11. The van der Waals surface area contributed by atoms with Gasteiger partial charge in [-0.25, -0.2) is 4.98 Å². The fourth-order valence-electron chi connectivity index (χ4n) is 1.83. The van der Waals surface area contributed by atoms with Gasteiger partial charge in [-0.15, -0.1) is 5.10 Å². The van der Waals surface area contributed by atoms with Crippen LogP contribution in [0.15, 0.2) is 23.4 Å². The monoisotopic (exact) mass is 275 g/mol. The third kappa shape index (κ3) is 3.44. The first-order valence-electron chi connectivity index (χ1n) is 6.24. The zero-order valence-electron chi connectivity index (χ0n) is 11.4. The molecule has 0 fully saturated rings. The molecule has 0 saturated carbocycles. The number of thioether (sulfide) groups is 1. The predicted molar refractivity (Wildman–Crippen MR) is 76.7 cm³/mol. The molecule has 2 rings (SSSR count). The van der Waals surface area contributed by atoms with Gasteiger partial charge in [0.1, 0.15) is 5.82 Å². The summed E-state index contributed by atoms with van der Waals surface area (Å²) in [6, 6.07) is 5.88. The Morgan fingerprint density at radius 1 is 1.37 bits per heavy atom. The fraction of sp³-hybridized carbons (Fsp3) is 0.357. The molecule has 0 aliphatic heterocycles. The quantitative estimate of drug-likeness (QED) is 0.673. The van der Waals surface area contributed by atoms with Gasteiger partial charge >= 0.3 is 0 Å². The number of Topliss-reactive ketones (excluding diaryl/α,β-unsaturated/α-hetero) is 1. The lowest BCUT2D eigenvalue weighted by Crippen LogP contribution is -2.05. The minimum absolute atomic E-state index is 0.116. The van der Waals surface area contributed by atoms with E-state index >= 15 is 0 Å². The first-order chi connectivity index (χ1) is 9.10. The van der Waals surface area contributed by atoms with E-state index in [1.54, 1.807) is 0 Å². The molecule has 1 aromatic heterocycles. The van der Waals surface area contributed by atoms with E-state index in [1.807, 2.05) is 39.0 Å². The van der Waals surface area contributed by atoms with Crippen molar-refractivity contribution >= 4 is 17.5 Å². The van der Waals surface area contributed by atoms with E-state index in [9.17, 15) is 4.79 Å². The molecule has 5 heteroatoms. The Balaban J connectivity index is 2.01. The standard InChI is InChI=1S/C14H17N3OS/c1-4-13-15-14(17-16-13)19-8-12(18)11-6-5-9(2)7-10(11)3/h5-7H,4,8H2,1-3H3,(H,15,16,17). The Bertz CT molecular complexity index is 592. The van der Waals surface area contributed by atoms with Crippen molar-refractivity contribution in [3.63, 3.8) is 0 Å². The molecule has 100 valence electrons. The summed E-state index contributed by atoms with van der Waals surface area (Å²) in [5, 5.41) is 7.54. The van der Waals surface area contributed by atoms with E-state index in [0.29, 0.717) is 10.9 Å². The molecule has 1 heterocycles. The maximum atomic E-state index is 12.1. The smallest absolute Gasteiger partial charge is 0.208 e. The number of H-pyrrole nitrogens is 1. The van der Waals surface area contributed by atoms with Crippen molar-refractivity contribution < 1.29 is 4.79 Å². The van der Waals surface area contributed by atoms with Gasteiger partial charge in [-0.05, 0) is 19.4 Å². The molecule has 19 heavy (non-hydrogen) atoms. The highest BCUT2D eigenvalue weighted by molar-refractivity contribution is 7.99. The molecule has 0 aliphatic carbocycles. The molecule has 2 aromatic rings. The van der Waals surface area contributed by atoms with Crippen molar-refractivity contribution in [2.45, 2.75) is 32.3 Å². The molecule has 4 nitrogen and oxygen atoms in total. The van der Waals surface area contributed by atoms with Gasteiger partial charge < -0.3 is 0 Å². The summed E-state index contributed by atoms with van der Waals surface area (Å²) in [6.45, 7) is 6.00. The van der Waals surface area contributed by atoms with Crippen molar-refractivity contribution in [1.82, 2.24) is 15.2 Å². The number of ketones is 1. The van der Waals surface area contributed by atoms with Crippen LogP contribution in [0.3, 0.4) is 0 Å². The minimum atomic E-state index is 0.116. The Hall–Kier alpha value is -1.62. The number of nitrogens with zero attached hydrogens (tertiary/aromatic N) is 2. The molecule has 1 aromatic carbocycles. The van der Waals surface area contributed by atoms with E-state index in [4.69, 9.17) is 0 Å². The highest BCUT2D eigenvalue weighted by Crippen LogP contribution is 2.17. The lowest BCUT2D eigenvalue weighted by molar-refractivity contribution is 0.102. The van der Waals surface area contributed by atoms with E-state index in [0.717, 1.165) is 23.4 Å². The number of benzene rings is 1. The van der Waals surface area contributed by atoms with Crippen molar-refractivity contribution in [3.05, 3.63) is 40.7 Å². The summed E-state index contributed by atoms with van der Waals surface area (Å²) < 4.78 is 0. The van der Waals surface area contributed by atoms with E-state index in [-0.39, 0.29) is 5.78 Å². The number of aromatic nitrogens is 3. The Morgan fingerprint density at radius 2 is 2.16 bits per heavy atom. The van der Waals surface area contributed by atoms with E-state index in [1.165, 1.54) is 17.3 Å². The zero-order valence-corrected chi connectivity index (χ0v) is 12.2. The van der Waals surface area contributed by atoms with Crippen LogP contribution < -0.4 is 0 Å². The second-order valence-electron chi connectivity index (χ2n) is 4.45. The van der Waals surface area contributed by atoms with Crippen LogP contribution in [0.1, 0.15) is 34.2 Å². The summed E-state index contributed by atoms with van der Waals surface area (Å²) in [4.78, 5) is 16.4. The van der Waals surface area contributed by atoms with Crippen molar-refractivity contribution in [2.75, 3.05) is 5.75 Å². The molecule has 0 bridgehead atoms. The third-order valence-electron chi connectivity index (χ3n) is 2.86. The van der Waals surface area contributed by atoms with Gasteiger partial charge in [0, 0.05) is 12.0 Å². The molecule has 0 aliphatic rings. The Kier molecular flexibility index (Phi) is 4.37. The second kappa shape index (κ2) is 6.02. The van der Waals surface area contributed by atoms with Crippen LogP contribution >= 0.6 is 11.8 Å². The van der Waals surface area contributed by atoms with Crippen molar-refractivity contribution in [1.29, 1.82) is 0 Å². The molecule has 0 unspecified atom stereocenters. The Morgan fingerprint density at radius 3 is 2.79 bits per heavy atom. The van der Waals surface area contributed by atoms with Crippen LogP contribution in [-0.4, -0.2) is 26.7 Å². The van der Waals surface area contributed by atoms with E-state index in [2.05, 4.69) is 15.2 Å². The van der Waals surface area contributed by atoms with Crippen LogP contribution in [0.25, 0.3) is 0 Å². The van der Waals surface area contributed by atoms with Gasteiger partial charge in [-0.1, -0.05) is 42.4 Å². The largest absolute Gasteiger partial charge is 0.293 e. The van der Waals surface area contributed by atoms with Crippen LogP contribution in [0.2, 0.25) is 0 Å². The zero-order chi connectivity index (χ0) is 13.8. The molecular weight excluding hydrogens is 258 g/mol. The molecule has 1 N–H and O–H groups in total. The lowest BCUT2D eigenvalue weighted by atomic mass is 10.0. The summed E-state index contributed by atoms with van der Waals surface area (Å²) in [5.41, 5.74) is 2.97. The molecule has 0 atom stereocenters. The number of carbonyl (C=O) groups is 1. The van der Waals surface area contributed by atoms with Gasteiger partial charge in [0.05, 0.1) is 5.75 Å². The van der Waals surface area contributed by atoms with E-state index < -0.39 is 0 Å². The first-order valence-corrected chi connectivity index (χ1v) is 7.23. The van der Waals surface area contributed by atoms with Gasteiger partial charge in [0.15, 0.2) is 5.78 Å². The maximum Gasteiger partial charge on any atom is 0.208 e. The summed E-state index contributed by atoms with van der Waals surface area (Å²) in [6.07, 6.45) is 0.818. The average molecular weight is 275 g/mol. The molecule has 0 radical (unpaired) electrons. The number of hydrogen-bond acceptors (Lipinski definition) is 4. The number of aromatic amines is 1. The highest BCUT2D eigenvalue weighted by atomic mass is 32.2. The number of carbonyl (C=O) groups excluding carboxylic acids is 1. The average Bonchev–Trinajstić information content (AvgIpc) is 2.84. The second-order valence-corrected chi connectivity index (χ2v) is 5.39. The fourth-order valence-corrected chi connectivity index (χ4v) is 2.54. The normalized spacial score (nSPS) is 10.7. The number of hydrogen-bond donors (Lipinski definition) is 1. The van der Waals surface area contributed by atoms with Crippen molar-refractivity contribution in [3.8, 4) is 0 Å². The first kappa shape index (κ1) is 13.8. The number of rotatable bonds is 5. The van der Waals surface area contributed by atoms with Crippen LogP contribution in [-0.2, 0) is 6.42 Å². The topological polar surface area (TPSA) is 58.6 Å². The lowest BCUT2D eigenvalue weighted by Gasteiger charge is -2.04. The SMILES string of the molecule is CCc1nc(SCC(=O)c2ccc(C)cc2C)n[nH]1. The van der Waals surface area contributed by atoms with Crippen molar-refractivity contribution in [2.24, 2.45) is 0 Å². The minimum Gasteiger partial charge on any atom is -0.293 e. The van der Waals surface area contributed by atoms with Gasteiger partial charge in [0.25, 0.3) is 0 Å². The molecule has 0 saturated heterocycles. The maximum absolute atomic E-state index is 12.1. The van der Waals surface area contributed by atoms with Crippen LogP contribution in [0.5, 0.6) is 0 Å². The number of aryl methyl sites for hydroxylation is 3. The molecule has 0 amide bonds. The van der Waals surface area contributed by atoms with Crippen LogP contribution in [0.4, 0.5) is 0 Å². The third-order valence-corrected chi connectivity index (χ3v) is 3.71. The van der Waals surface area contributed by atoms with Crippen LogP contribution in [0, 0.1) is 13.8 Å². The summed E-state index contributed by atoms with van der Waals surface area (Å²) in [7, 11) is 0. The summed E-state index contributed by atoms with van der Waals surface area (Å²) in [5.74, 6) is 1.33.